The molecule has 0 spiro atoms. The third-order valence-corrected chi connectivity index (χ3v) is 4.66. The molecule has 0 saturated heterocycles. The first kappa shape index (κ1) is 16.3. The van der Waals surface area contributed by atoms with Gasteiger partial charge in [0.05, 0.1) is 19.1 Å². The second-order valence-electron chi connectivity index (χ2n) is 5.35. The zero-order valence-corrected chi connectivity index (χ0v) is 14.6. The van der Waals surface area contributed by atoms with Gasteiger partial charge in [0.1, 0.15) is 5.75 Å². The summed E-state index contributed by atoms with van der Waals surface area (Å²) in [6, 6.07) is 12.9. The van der Waals surface area contributed by atoms with Gasteiger partial charge in [-0.15, -0.1) is 10.2 Å². The molecule has 9 heteroatoms. The lowest BCUT2D eigenvalue weighted by molar-refractivity contribution is 0.413. The highest BCUT2D eigenvalue weighted by molar-refractivity contribution is 7.98. The van der Waals surface area contributed by atoms with Gasteiger partial charge in [0.2, 0.25) is 10.9 Å². The maximum absolute atomic E-state index is 6.13. The van der Waals surface area contributed by atoms with E-state index in [1.165, 1.54) is 16.4 Å². The Bertz CT molecular complexity index is 992. The van der Waals surface area contributed by atoms with Gasteiger partial charge in [-0.3, -0.25) is 0 Å². The van der Waals surface area contributed by atoms with Crippen LogP contribution in [0, 0.1) is 0 Å². The number of aromatic nitrogens is 4. The van der Waals surface area contributed by atoms with Crippen LogP contribution in [0.3, 0.4) is 0 Å². The summed E-state index contributed by atoms with van der Waals surface area (Å²) in [5.74, 6) is 9.24. The monoisotopic (exact) mass is 369 g/mol. The van der Waals surface area contributed by atoms with E-state index in [0.29, 0.717) is 28.3 Å². The van der Waals surface area contributed by atoms with E-state index in [0.717, 1.165) is 17.0 Å². The standard InChI is InChI=1S/C17H15N5O3S/c1-23-13-6-4-11(5-7-13)16-19-20-17(22(16)18)26-10-12-9-15(25-21-12)14-3-2-8-24-14/h2-9H,10,18H2,1H3. The molecule has 0 fully saturated rings. The molecule has 0 amide bonds. The molecule has 2 N–H and O–H groups in total. The predicted molar refractivity (Wildman–Crippen MR) is 95.9 cm³/mol. The minimum absolute atomic E-state index is 0.544. The highest BCUT2D eigenvalue weighted by Gasteiger charge is 2.14. The number of methoxy groups -OCH3 is 1. The maximum atomic E-state index is 6.13. The smallest absolute Gasteiger partial charge is 0.210 e. The first-order chi connectivity index (χ1) is 12.7. The van der Waals surface area contributed by atoms with Crippen LogP contribution < -0.4 is 10.6 Å². The predicted octanol–water partition coefficient (Wildman–Crippen LogP) is 3.21. The van der Waals surface area contributed by atoms with Gasteiger partial charge in [-0.25, -0.2) is 4.68 Å². The summed E-state index contributed by atoms with van der Waals surface area (Å²) in [6.45, 7) is 0. The first-order valence-electron chi connectivity index (χ1n) is 7.72. The minimum atomic E-state index is 0.544. The highest BCUT2D eigenvalue weighted by Crippen LogP contribution is 2.27. The number of thioether (sulfide) groups is 1. The second kappa shape index (κ2) is 6.96. The van der Waals surface area contributed by atoms with Crippen LogP contribution in [0.1, 0.15) is 5.69 Å². The lowest BCUT2D eigenvalue weighted by Crippen LogP contribution is -2.11. The van der Waals surface area contributed by atoms with Gasteiger partial charge in [-0.1, -0.05) is 16.9 Å². The molecule has 0 aliphatic heterocycles. The van der Waals surface area contributed by atoms with E-state index >= 15 is 0 Å². The molecule has 4 rings (SSSR count). The SMILES string of the molecule is COc1ccc(-c2nnc(SCc3cc(-c4ccco4)on3)n2N)cc1. The van der Waals surface area contributed by atoms with Crippen molar-refractivity contribution in [1.29, 1.82) is 0 Å². The van der Waals surface area contributed by atoms with Gasteiger partial charge in [0, 0.05) is 17.4 Å². The maximum Gasteiger partial charge on any atom is 0.210 e. The molecule has 26 heavy (non-hydrogen) atoms. The van der Waals surface area contributed by atoms with Crippen molar-refractivity contribution in [3.63, 3.8) is 0 Å². The van der Waals surface area contributed by atoms with Crippen molar-refractivity contribution in [2.45, 2.75) is 10.9 Å². The van der Waals surface area contributed by atoms with Crippen molar-refractivity contribution in [3.05, 3.63) is 54.4 Å². The molecular formula is C17H15N5O3S. The van der Waals surface area contributed by atoms with Crippen LogP contribution in [0.2, 0.25) is 0 Å². The minimum Gasteiger partial charge on any atom is -0.497 e. The molecule has 3 aromatic heterocycles. The van der Waals surface area contributed by atoms with Crippen LogP contribution in [0.5, 0.6) is 5.75 Å². The second-order valence-corrected chi connectivity index (χ2v) is 6.30. The van der Waals surface area contributed by atoms with Crippen molar-refractivity contribution >= 4 is 11.8 Å². The van der Waals surface area contributed by atoms with Gasteiger partial charge in [-0.2, -0.15) is 0 Å². The molecular weight excluding hydrogens is 354 g/mol. The Kier molecular flexibility index (Phi) is 4.36. The number of hydrogen-bond acceptors (Lipinski definition) is 8. The Morgan fingerprint density at radius 3 is 2.73 bits per heavy atom. The third-order valence-electron chi connectivity index (χ3n) is 3.68. The zero-order valence-electron chi connectivity index (χ0n) is 13.8. The molecule has 0 atom stereocenters. The first-order valence-corrected chi connectivity index (χ1v) is 8.70. The summed E-state index contributed by atoms with van der Waals surface area (Å²) < 4.78 is 17.2. The van der Waals surface area contributed by atoms with E-state index < -0.39 is 0 Å². The molecule has 0 radical (unpaired) electrons. The van der Waals surface area contributed by atoms with Crippen molar-refractivity contribution in [1.82, 2.24) is 20.0 Å². The molecule has 132 valence electrons. The third kappa shape index (κ3) is 3.16. The zero-order chi connectivity index (χ0) is 17.9. The Balaban J connectivity index is 1.46. The summed E-state index contributed by atoms with van der Waals surface area (Å²) in [5.41, 5.74) is 1.62. The summed E-state index contributed by atoms with van der Waals surface area (Å²) in [5, 5.41) is 12.9. The lowest BCUT2D eigenvalue weighted by Gasteiger charge is -2.04. The molecule has 4 aromatic rings. The Morgan fingerprint density at radius 1 is 1.15 bits per heavy atom. The average molecular weight is 369 g/mol. The topological polar surface area (TPSA) is 105 Å². The van der Waals surface area contributed by atoms with Crippen LogP contribution in [-0.2, 0) is 5.75 Å². The number of benzene rings is 1. The summed E-state index contributed by atoms with van der Waals surface area (Å²) in [7, 11) is 1.62. The van der Waals surface area contributed by atoms with Gasteiger partial charge < -0.3 is 19.5 Å². The number of ether oxygens (including phenoxy) is 1. The molecule has 1 aromatic carbocycles. The summed E-state index contributed by atoms with van der Waals surface area (Å²) >= 11 is 1.42. The van der Waals surface area contributed by atoms with Gasteiger partial charge in [-0.05, 0) is 36.4 Å². The number of hydrogen-bond donors (Lipinski definition) is 1. The fraction of sp³-hybridized carbons (Fsp3) is 0.118. The van der Waals surface area contributed by atoms with Crippen LogP contribution >= 0.6 is 11.8 Å². The Morgan fingerprint density at radius 2 is 2.00 bits per heavy atom. The lowest BCUT2D eigenvalue weighted by atomic mass is 10.2. The molecule has 0 saturated carbocycles. The average Bonchev–Trinajstić information content (AvgIpc) is 3.41. The number of nitrogens with two attached hydrogens (primary N) is 1. The summed E-state index contributed by atoms with van der Waals surface area (Å²) in [4.78, 5) is 0. The Labute approximate surface area is 152 Å². The summed E-state index contributed by atoms with van der Waals surface area (Å²) in [6.07, 6.45) is 1.59. The molecule has 0 bridgehead atoms. The van der Waals surface area contributed by atoms with E-state index in [4.69, 9.17) is 19.5 Å². The van der Waals surface area contributed by atoms with Crippen molar-refractivity contribution < 1.29 is 13.7 Å². The van der Waals surface area contributed by atoms with Gasteiger partial charge >= 0.3 is 0 Å². The van der Waals surface area contributed by atoms with E-state index in [2.05, 4.69) is 15.4 Å². The largest absolute Gasteiger partial charge is 0.497 e. The van der Waals surface area contributed by atoms with Crippen LogP contribution in [0.4, 0.5) is 0 Å². The van der Waals surface area contributed by atoms with Crippen molar-refractivity contribution in [2.75, 3.05) is 13.0 Å². The van der Waals surface area contributed by atoms with Crippen LogP contribution in [0.25, 0.3) is 22.9 Å². The highest BCUT2D eigenvalue weighted by atomic mass is 32.2. The van der Waals surface area contributed by atoms with Gasteiger partial charge in [0.25, 0.3) is 0 Å². The quantitative estimate of drug-likeness (QED) is 0.408. The van der Waals surface area contributed by atoms with E-state index in [1.807, 2.05) is 36.4 Å². The van der Waals surface area contributed by atoms with Crippen LogP contribution in [0.15, 0.2) is 62.8 Å². The molecule has 0 aliphatic carbocycles. The van der Waals surface area contributed by atoms with Gasteiger partial charge in [0.15, 0.2) is 11.6 Å². The van der Waals surface area contributed by atoms with E-state index in [9.17, 15) is 0 Å². The van der Waals surface area contributed by atoms with Crippen LogP contribution in [-0.4, -0.2) is 27.1 Å². The molecule has 3 heterocycles. The number of nitrogens with zero attached hydrogens (tertiary/aromatic N) is 4. The molecule has 0 unspecified atom stereocenters. The number of rotatable bonds is 6. The number of nitrogen functional groups attached to an aromatic ring is 1. The van der Waals surface area contributed by atoms with Crippen molar-refractivity contribution in [3.8, 4) is 28.7 Å². The fourth-order valence-electron chi connectivity index (χ4n) is 2.37. The number of furan rings is 1. The Hall–Kier alpha value is -3.20. The molecule has 0 aliphatic rings. The fourth-order valence-corrected chi connectivity index (χ4v) is 3.10. The molecule has 8 nitrogen and oxygen atoms in total. The van der Waals surface area contributed by atoms with E-state index in [1.54, 1.807) is 19.4 Å². The van der Waals surface area contributed by atoms with Crippen molar-refractivity contribution in [2.24, 2.45) is 0 Å². The normalized spacial score (nSPS) is 11.0. The van der Waals surface area contributed by atoms with E-state index in [-0.39, 0.29) is 0 Å².